The Labute approximate surface area is 57.6 Å². The molecule has 0 aliphatic rings. The normalized spacial score (nSPS) is 9.44. The van der Waals surface area contributed by atoms with E-state index < -0.39 is 0 Å². The van der Waals surface area contributed by atoms with E-state index in [1.165, 1.54) is 11.5 Å². The van der Waals surface area contributed by atoms with Crippen molar-refractivity contribution in [2.75, 3.05) is 12.3 Å². The molecule has 1 heterocycles. The molecule has 0 aliphatic heterocycles. The Bertz CT molecular complexity index is 187. The van der Waals surface area contributed by atoms with Gasteiger partial charge in [0.2, 0.25) is 5.88 Å². The zero-order chi connectivity index (χ0) is 6.69. The van der Waals surface area contributed by atoms with Crippen molar-refractivity contribution < 1.29 is 4.74 Å². The van der Waals surface area contributed by atoms with Gasteiger partial charge in [0.25, 0.3) is 0 Å². The number of anilines is 1. The van der Waals surface area contributed by atoms with Crippen molar-refractivity contribution in [3.63, 3.8) is 0 Å². The van der Waals surface area contributed by atoms with Crippen LogP contribution in [0.1, 0.15) is 6.92 Å². The van der Waals surface area contributed by atoms with Gasteiger partial charge in [0.15, 0.2) is 0 Å². The summed E-state index contributed by atoms with van der Waals surface area (Å²) in [5.74, 6) is 0.558. The van der Waals surface area contributed by atoms with E-state index in [1.807, 2.05) is 6.92 Å². The smallest absolute Gasteiger partial charge is 0.248 e. The van der Waals surface area contributed by atoms with Crippen molar-refractivity contribution in [3.05, 3.63) is 5.38 Å². The zero-order valence-electron chi connectivity index (χ0n) is 5.13. The van der Waals surface area contributed by atoms with Gasteiger partial charge in [-0.25, -0.2) is 0 Å². The van der Waals surface area contributed by atoms with Gasteiger partial charge < -0.3 is 10.5 Å². The molecular weight excluding hydrogens is 136 g/mol. The van der Waals surface area contributed by atoms with E-state index in [9.17, 15) is 0 Å². The molecule has 0 atom stereocenters. The molecule has 0 spiro atoms. The van der Waals surface area contributed by atoms with E-state index in [-0.39, 0.29) is 0 Å². The highest BCUT2D eigenvalue weighted by atomic mass is 32.1. The summed E-state index contributed by atoms with van der Waals surface area (Å²) in [6.45, 7) is 2.52. The molecule has 0 fully saturated rings. The lowest BCUT2D eigenvalue weighted by Gasteiger charge is -1.96. The van der Waals surface area contributed by atoms with Gasteiger partial charge in [-0.2, -0.15) is 4.37 Å². The Morgan fingerprint density at radius 3 is 3.11 bits per heavy atom. The second kappa shape index (κ2) is 2.68. The van der Waals surface area contributed by atoms with E-state index in [0.29, 0.717) is 18.2 Å². The minimum atomic E-state index is 0.558. The quantitative estimate of drug-likeness (QED) is 0.676. The lowest BCUT2D eigenvalue weighted by Crippen LogP contribution is -1.94. The number of ether oxygens (including phenoxy) is 1. The van der Waals surface area contributed by atoms with E-state index in [2.05, 4.69) is 4.37 Å². The highest BCUT2D eigenvalue weighted by Crippen LogP contribution is 2.20. The summed E-state index contributed by atoms with van der Waals surface area (Å²) < 4.78 is 8.95. The maximum atomic E-state index is 5.45. The Hall–Kier alpha value is -0.770. The molecule has 0 radical (unpaired) electrons. The molecule has 0 amide bonds. The number of rotatable bonds is 2. The van der Waals surface area contributed by atoms with Crippen LogP contribution in [-0.4, -0.2) is 11.0 Å². The molecular formula is C5H8N2OS. The van der Waals surface area contributed by atoms with Crippen LogP contribution in [0.25, 0.3) is 0 Å². The minimum Gasteiger partial charge on any atom is -0.476 e. The van der Waals surface area contributed by atoms with Gasteiger partial charge in [-0.05, 0) is 18.5 Å². The van der Waals surface area contributed by atoms with Crippen molar-refractivity contribution in [1.82, 2.24) is 4.37 Å². The number of hydrogen-bond acceptors (Lipinski definition) is 4. The molecule has 0 saturated heterocycles. The number of hydrogen-bond donors (Lipinski definition) is 1. The highest BCUT2D eigenvalue weighted by Gasteiger charge is 1.99. The summed E-state index contributed by atoms with van der Waals surface area (Å²) in [5, 5.41) is 1.75. The Morgan fingerprint density at radius 1 is 1.89 bits per heavy atom. The maximum absolute atomic E-state index is 5.45. The topological polar surface area (TPSA) is 48.1 Å². The molecule has 1 aromatic rings. The van der Waals surface area contributed by atoms with Gasteiger partial charge >= 0.3 is 0 Å². The second-order valence-electron chi connectivity index (χ2n) is 1.51. The molecule has 50 valence electrons. The van der Waals surface area contributed by atoms with Crippen LogP contribution < -0.4 is 10.5 Å². The Kier molecular flexibility index (Phi) is 1.89. The standard InChI is InChI=1S/C5H8N2OS/c1-2-8-5-4(6)3-9-7-5/h3H,2,6H2,1H3. The molecule has 3 nitrogen and oxygen atoms in total. The van der Waals surface area contributed by atoms with Gasteiger partial charge in [-0.1, -0.05) is 0 Å². The molecule has 1 rings (SSSR count). The van der Waals surface area contributed by atoms with Gasteiger partial charge in [0.1, 0.15) is 5.69 Å². The summed E-state index contributed by atoms with van der Waals surface area (Å²) in [5.41, 5.74) is 6.08. The van der Waals surface area contributed by atoms with Crippen LogP contribution in [0.15, 0.2) is 5.38 Å². The van der Waals surface area contributed by atoms with E-state index in [1.54, 1.807) is 5.38 Å². The predicted octanol–water partition coefficient (Wildman–Crippen LogP) is 1.12. The van der Waals surface area contributed by atoms with E-state index >= 15 is 0 Å². The Balaban J connectivity index is 2.69. The fourth-order valence-electron chi connectivity index (χ4n) is 0.481. The molecule has 0 unspecified atom stereocenters. The molecule has 0 aromatic carbocycles. The summed E-state index contributed by atoms with van der Waals surface area (Å²) in [6.07, 6.45) is 0. The van der Waals surface area contributed by atoms with Gasteiger partial charge in [0.05, 0.1) is 6.61 Å². The summed E-state index contributed by atoms with van der Waals surface area (Å²) in [7, 11) is 0. The third-order valence-electron chi connectivity index (χ3n) is 0.843. The summed E-state index contributed by atoms with van der Waals surface area (Å²) in [6, 6.07) is 0. The van der Waals surface area contributed by atoms with Crippen molar-refractivity contribution in [1.29, 1.82) is 0 Å². The van der Waals surface area contributed by atoms with Crippen molar-refractivity contribution >= 4 is 17.2 Å². The van der Waals surface area contributed by atoms with Crippen molar-refractivity contribution in [3.8, 4) is 5.88 Å². The first-order chi connectivity index (χ1) is 4.34. The van der Waals surface area contributed by atoms with Gasteiger partial charge in [-0.3, -0.25) is 0 Å². The number of nitrogens with zero attached hydrogens (tertiary/aromatic N) is 1. The predicted molar refractivity (Wildman–Crippen MR) is 37.7 cm³/mol. The largest absolute Gasteiger partial charge is 0.476 e. The molecule has 4 heteroatoms. The fraction of sp³-hybridized carbons (Fsp3) is 0.400. The summed E-state index contributed by atoms with van der Waals surface area (Å²) in [4.78, 5) is 0. The molecule has 0 saturated carbocycles. The van der Waals surface area contributed by atoms with Gasteiger partial charge in [-0.15, -0.1) is 0 Å². The van der Waals surface area contributed by atoms with Crippen LogP contribution in [0, 0.1) is 0 Å². The number of nitrogens with two attached hydrogens (primary N) is 1. The third kappa shape index (κ3) is 1.32. The molecule has 2 N–H and O–H groups in total. The molecule has 9 heavy (non-hydrogen) atoms. The second-order valence-corrected chi connectivity index (χ2v) is 2.14. The highest BCUT2D eigenvalue weighted by molar-refractivity contribution is 7.04. The maximum Gasteiger partial charge on any atom is 0.248 e. The van der Waals surface area contributed by atoms with E-state index in [4.69, 9.17) is 10.5 Å². The molecule has 0 bridgehead atoms. The van der Waals surface area contributed by atoms with Crippen molar-refractivity contribution in [2.45, 2.75) is 6.92 Å². The monoisotopic (exact) mass is 144 g/mol. The first-order valence-corrected chi connectivity index (χ1v) is 3.51. The van der Waals surface area contributed by atoms with Gasteiger partial charge in [0, 0.05) is 5.38 Å². The third-order valence-corrected chi connectivity index (χ3v) is 1.47. The average Bonchev–Trinajstić information content (AvgIpc) is 2.18. The van der Waals surface area contributed by atoms with Crippen LogP contribution in [-0.2, 0) is 0 Å². The van der Waals surface area contributed by atoms with E-state index in [0.717, 1.165) is 0 Å². The van der Waals surface area contributed by atoms with Crippen LogP contribution in [0.2, 0.25) is 0 Å². The molecule has 1 aromatic heterocycles. The minimum absolute atomic E-state index is 0.558. The van der Waals surface area contributed by atoms with Crippen LogP contribution >= 0.6 is 11.5 Å². The lowest BCUT2D eigenvalue weighted by atomic mass is 10.6. The van der Waals surface area contributed by atoms with Crippen LogP contribution in [0.3, 0.4) is 0 Å². The number of nitrogen functional groups attached to an aromatic ring is 1. The first kappa shape index (κ1) is 6.35. The fourth-order valence-corrected chi connectivity index (χ4v) is 1.00. The first-order valence-electron chi connectivity index (χ1n) is 2.67. The Morgan fingerprint density at radius 2 is 2.67 bits per heavy atom. The number of aromatic nitrogens is 1. The average molecular weight is 144 g/mol. The van der Waals surface area contributed by atoms with Crippen LogP contribution in [0.4, 0.5) is 5.69 Å². The van der Waals surface area contributed by atoms with Crippen LogP contribution in [0.5, 0.6) is 5.88 Å². The zero-order valence-corrected chi connectivity index (χ0v) is 5.94. The SMILES string of the molecule is CCOc1nscc1N. The lowest BCUT2D eigenvalue weighted by molar-refractivity contribution is 0.332. The van der Waals surface area contributed by atoms with Crippen molar-refractivity contribution in [2.24, 2.45) is 0 Å². The molecule has 0 aliphatic carbocycles. The summed E-state index contributed by atoms with van der Waals surface area (Å²) >= 11 is 1.31.